The van der Waals surface area contributed by atoms with Gasteiger partial charge in [0, 0.05) is 38.2 Å². The summed E-state index contributed by atoms with van der Waals surface area (Å²) in [4.78, 5) is 16.8. The highest BCUT2D eigenvalue weighted by Crippen LogP contribution is 2.42. The maximum Gasteiger partial charge on any atom is 0.250 e. The number of aliphatic hydroxyl groups is 1. The molecule has 0 spiro atoms. The van der Waals surface area contributed by atoms with Crippen LogP contribution in [0.5, 0.6) is 0 Å². The molecule has 0 aromatic rings. The standard InChI is InChI=1S/C16H24N2O2/c1-16(20)5-3-4-12-10-13(11-14(12)16)15(19)18-8-6-17(2)7-9-18/h10,20H,3-9,11H2,1-2H3. The summed E-state index contributed by atoms with van der Waals surface area (Å²) in [6, 6.07) is 0. The van der Waals surface area contributed by atoms with Gasteiger partial charge in [-0.3, -0.25) is 4.79 Å². The van der Waals surface area contributed by atoms with Crippen molar-refractivity contribution in [1.82, 2.24) is 9.80 Å². The third-order valence-corrected chi connectivity index (χ3v) is 4.93. The molecule has 3 aliphatic rings. The van der Waals surface area contributed by atoms with Crippen molar-refractivity contribution in [3.05, 3.63) is 22.8 Å². The minimum atomic E-state index is -0.714. The molecule has 1 atom stereocenters. The average Bonchev–Trinajstić information content (AvgIpc) is 2.84. The van der Waals surface area contributed by atoms with Crippen molar-refractivity contribution in [2.45, 2.75) is 38.2 Å². The van der Waals surface area contributed by atoms with Gasteiger partial charge in [0.15, 0.2) is 0 Å². The molecule has 1 N–H and O–H groups in total. The highest BCUT2D eigenvalue weighted by Gasteiger charge is 2.36. The minimum absolute atomic E-state index is 0.170. The van der Waals surface area contributed by atoms with Crippen LogP contribution in [-0.4, -0.2) is 59.6 Å². The summed E-state index contributed by atoms with van der Waals surface area (Å²) in [5.41, 5.74) is 2.45. The molecule has 0 radical (unpaired) electrons. The Morgan fingerprint density at radius 3 is 2.65 bits per heavy atom. The van der Waals surface area contributed by atoms with E-state index < -0.39 is 5.60 Å². The first kappa shape index (κ1) is 13.8. The zero-order valence-electron chi connectivity index (χ0n) is 12.5. The number of piperazine rings is 1. The van der Waals surface area contributed by atoms with Gasteiger partial charge in [0.1, 0.15) is 0 Å². The van der Waals surface area contributed by atoms with Gasteiger partial charge in [-0.1, -0.05) is 0 Å². The average molecular weight is 276 g/mol. The van der Waals surface area contributed by atoms with Crippen molar-refractivity contribution >= 4 is 5.91 Å². The fourth-order valence-electron chi connectivity index (χ4n) is 3.54. The van der Waals surface area contributed by atoms with E-state index in [1.807, 2.05) is 17.9 Å². The zero-order valence-corrected chi connectivity index (χ0v) is 12.5. The van der Waals surface area contributed by atoms with Gasteiger partial charge in [-0.05, 0) is 50.5 Å². The second kappa shape index (κ2) is 5.01. The number of carbonyl (C=O) groups is 1. The van der Waals surface area contributed by atoms with Crippen LogP contribution < -0.4 is 0 Å². The van der Waals surface area contributed by atoms with Crippen LogP contribution in [0.3, 0.4) is 0 Å². The number of likely N-dealkylation sites (N-methyl/N-ethyl adjacent to an activating group) is 1. The monoisotopic (exact) mass is 276 g/mol. The fraction of sp³-hybridized carbons (Fsp3) is 0.688. The first-order valence-corrected chi connectivity index (χ1v) is 7.61. The lowest BCUT2D eigenvalue weighted by Gasteiger charge is -2.33. The molecular formula is C16H24N2O2. The quantitative estimate of drug-likeness (QED) is 0.785. The molecular weight excluding hydrogens is 252 g/mol. The van der Waals surface area contributed by atoms with Gasteiger partial charge in [-0.2, -0.15) is 0 Å². The summed E-state index contributed by atoms with van der Waals surface area (Å²) in [6.07, 6.45) is 5.52. The molecule has 0 saturated carbocycles. The Hall–Kier alpha value is -1.13. The minimum Gasteiger partial charge on any atom is -0.386 e. The smallest absolute Gasteiger partial charge is 0.250 e. The van der Waals surface area contributed by atoms with Crippen molar-refractivity contribution in [1.29, 1.82) is 0 Å². The molecule has 1 unspecified atom stereocenters. The second-order valence-corrected chi connectivity index (χ2v) is 6.57. The molecule has 1 heterocycles. The predicted octanol–water partition coefficient (Wildman–Crippen LogP) is 1.32. The van der Waals surface area contributed by atoms with Crippen molar-refractivity contribution in [3.63, 3.8) is 0 Å². The summed E-state index contributed by atoms with van der Waals surface area (Å²) >= 11 is 0. The van der Waals surface area contributed by atoms with Crippen LogP contribution in [0.4, 0.5) is 0 Å². The number of nitrogens with zero attached hydrogens (tertiary/aromatic N) is 2. The molecule has 3 rings (SSSR count). The molecule has 2 aliphatic carbocycles. The SMILES string of the molecule is CN1CCN(C(=O)C2=CC3=C(C2)C(C)(O)CCC3)CC1. The molecule has 1 fully saturated rings. The molecule has 0 aromatic heterocycles. The van der Waals surface area contributed by atoms with Crippen molar-refractivity contribution in [2.24, 2.45) is 0 Å². The lowest BCUT2D eigenvalue weighted by Crippen LogP contribution is -2.47. The summed E-state index contributed by atoms with van der Waals surface area (Å²) in [7, 11) is 2.09. The molecule has 4 heteroatoms. The summed E-state index contributed by atoms with van der Waals surface area (Å²) in [6.45, 7) is 5.41. The van der Waals surface area contributed by atoms with Gasteiger partial charge in [-0.15, -0.1) is 0 Å². The first-order chi connectivity index (χ1) is 9.47. The fourth-order valence-corrected chi connectivity index (χ4v) is 3.54. The van der Waals surface area contributed by atoms with E-state index in [4.69, 9.17) is 0 Å². The van der Waals surface area contributed by atoms with Crippen LogP contribution in [0, 0.1) is 0 Å². The third kappa shape index (κ3) is 2.42. The van der Waals surface area contributed by atoms with Crippen LogP contribution in [0.15, 0.2) is 22.8 Å². The first-order valence-electron chi connectivity index (χ1n) is 7.61. The van der Waals surface area contributed by atoms with Crippen LogP contribution in [-0.2, 0) is 4.79 Å². The number of hydrogen-bond acceptors (Lipinski definition) is 3. The normalized spacial score (nSPS) is 31.4. The molecule has 110 valence electrons. The Morgan fingerprint density at radius 1 is 1.30 bits per heavy atom. The van der Waals surface area contributed by atoms with Crippen LogP contribution in [0.25, 0.3) is 0 Å². The van der Waals surface area contributed by atoms with E-state index in [1.54, 1.807) is 0 Å². The molecule has 1 saturated heterocycles. The Balaban J connectivity index is 1.70. The van der Waals surface area contributed by atoms with E-state index >= 15 is 0 Å². The topological polar surface area (TPSA) is 43.8 Å². The number of amides is 1. The van der Waals surface area contributed by atoms with Crippen molar-refractivity contribution in [3.8, 4) is 0 Å². The van der Waals surface area contributed by atoms with Crippen LogP contribution >= 0.6 is 0 Å². The highest BCUT2D eigenvalue weighted by molar-refractivity contribution is 5.95. The Labute approximate surface area is 120 Å². The number of allylic oxidation sites excluding steroid dienone is 2. The lowest BCUT2D eigenvalue weighted by atomic mass is 9.81. The maximum atomic E-state index is 12.6. The van der Waals surface area contributed by atoms with Crippen molar-refractivity contribution < 1.29 is 9.90 Å². The molecule has 0 bridgehead atoms. The Morgan fingerprint density at radius 2 is 2.00 bits per heavy atom. The lowest BCUT2D eigenvalue weighted by molar-refractivity contribution is -0.128. The molecule has 20 heavy (non-hydrogen) atoms. The highest BCUT2D eigenvalue weighted by atomic mass is 16.3. The zero-order chi connectivity index (χ0) is 14.3. The molecule has 0 aromatic carbocycles. The summed E-state index contributed by atoms with van der Waals surface area (Å²) in [5, 5.41) is 10.5. The van der Waals surface area contributed by atoms with E-state index in [-0.39, 0.29) is 5.91 Å². The van der Waals surface area contributed by atoms with Crippen LogP contribution in [0.2, 0.25) is 0 Å². The molecule has 1 aliphatic heterocycles. The third-order valence-electron chi connectivity index (χ3n) is 4.93. The summed E-state index contributed by atoms with van der Waals surface area (Å²) < 4.78 is 0. The van der Waals surface area contributed by atoms with E-state index in [0.29, 0.717) is 6.42 Å². The van der Waals surface area contributed by atoms with Gasteiger partial charge in [0.05, 0.1) is 5.60 Å². The summed E-state index contributed by atoms with van der Waals surface area (Å²) in [5.74, 6) is 0.170. The molecule has 4 nitrogen and oxygen atoms in total. The largest absolute Gasteiger partial charge is 0.386 e. The van der Waals surface area contributed by atoms with Gasteiger partial charge in [-0.25, -0.2) is 0 Å². The number of carbonyl (C=O) groups excluding carboxylic acids is 1. The van der Waals surface area contributed by atoms with E-state index in [1.165, 1.54) is 5.57 Å². The van der Waals surface area contributed by atoms with E-state index in [2.05, 4.69) is 11.9 Å². The molecule has 1 amide bonds. The van der Waals surface area contributed by atoms with Gasteiger partial charge >= 0.3 is 0 Å². The van der Waals surface area contributed by atoms with Gasteiger partial charge in [0.2, 0.25) is 5.91 Å². The maximum absolute atomic E-state index is 12.6. The van der Waals surface area contributed by atoms with E-state index in [0.717, 1.165) is 56.6 Å². The van der Waals surface area contributed by atoms with E-state index in [9.17, 15) is 9.90 Å². The Kier molecular flexibility index (Phi) is 3.46. The predicted molar refractivity (Wildman–Crippen MR) is 78.3 cm³/mol. The van der Waals surface area contributed by atoms with Gasteiger partial charge in [0.25, 0.3) is 0 Å². The second-order valence-electron chi connectivity index (χ2n) is 6.57. The Bertz CT molecular complexity index is 483. The van der Waals surface area contributed by atoms with Crippen molar-refractivity contribution in [2.75, 3.05) is 33.2 Å². The number of hydrogen-bond donors (Lipinski definition) is 1. The van der Waals surface area contributed by atoms with Crippen LogP contribution in [0.1, 0.15) is 32.6 Å². The van der Waals surface area contributed by atoms with Gasteiger partial charge < -0.3 is 14.9 Å². The number of rotatable bonds is 1.